The number of rotatable bonds is 7. The Balaban J connectivity index is 1.70. The molecule has 2 atom stereocenters. The van der Waals surface area contributed by atoms with Crippen LogP contribution in [0.1, 0.15) is 23.2 Å². The van der Waals surface area contributed by atoms with E-state index in [4.69, 9.17) is 14.2 Å². The number of hydrogen-bond acceptors (Lipinski definition) is 4. The average Bonchev–Trinajstić information content (AvgIpc) is 3.26. The first-order valence-electron chi connectivity index (χ1n) is 11.7. The van der Waals surface area contributed by atoms with E-state index in [9.17, 15) is 4.79 Å². The maximum absolute atomic E-state index is 14.3. The van der Waals surface area contributed by atoms with E-state index in [0.717, 1.165) is 39.8 Å². The molecule has 36 heavy (non-hydrogen) atoms. The first kappa shape index (κ1) is 23.3. The van der Waals surface area contributed by atoms with Gasteiger partial charge >= 0.3 is 6.03 Å². The molecule has 6 heteroatoms. The lowest BCUT2D eigenvalue weighted by molar-refractivity contribution is 0.255. The maximum Gasteiger partial charge on any atom is 0.330 e. The minimum atomic E-state index is -0.290. The first-order valence-corrected chi connectivity index (χ1v) is 11.7. The molecule has 5 rings (SSSR count). The van der Waals surface area contributed by atoms with Gasteiger partial charge in [-0.05, 0) is 71.8 Å². The van der Waals surface area contributed by atoms with Crippen LogP contribution >= 0.6 is 0 Å². The molecule has 1 heterocycles. The number of urea groups is 1. The second-order valence-corrected chi connectivity index (χ2v) is 8.49. The van der Waals surface area contributed by atoms with E-state index in [1.54, 1.807) is 21.3 Å². The molecule has 4 aromatic carbocycles. The lowest BCUT2D eigenvalue weighted by Crippen LogP contribution is -2.32. The largest absolute Gasteiger partial charge is 0.497 e. The van der Waals surface area contributed by atoms with Crippen molar-refractivity contribution in [2.45, 2.75) is 12.1 Å². The van der Waals surface area contributed by atoms with Gasteiger partial charge in [0.1, 0.15) is 17.2 Å². The predicted octanol–water partition coefficient (Wildman–Crippen LogP) is 6.64. The van der Waals surface area contributed by atoms with Crippen LogP contribution in [0, 0.1) is 0 Å². The molecule has 4 aromatic rings. The van der Waals surface area contributed by atoms with Crippen molar-refractivity contribution in [2.24, 2.45) is 0 Å². The van der Waals surface area contributed by atoms with Gasteiger partial charge in [0.2, 0.25) is 0 Å². The Morgan fingerprint density at radius 2 is 0.861 bits per heavy atom. The summed E-state index contributed by atoms with van der Waals surface area (Å²) in [5.41, 5.74) is 3.63. The SMILES string of the molecule is COc1ccc([C@H]2[C@@H](c3ccccc3)N(c3ccc(OC)cc3)C(=O)N2c2ccc(OC)cc2)cc1. The van der Waals surface area contributed by atoms with E-state index in [0.29, 0.717) is 0 Å². The standard InChI is InChI=1S/C30H28N2O4/c1-34-25-15-9-22(10-16-25)29-28(21-7-5-4-6-8-21)31(23-11-17-26(35-2)18-12-23)30(33)32(29)24-13-19-27(36-3)20-14-24/h4-20,28-29H,1-3H3/t28-,29+/m1/s1. The molecule has 0 aliphatic carbocycles. The summed E-state index contributed by atoms with van der Waals surface area (Å²) in [7, 11) is 4.91. The monoisotopic (exact) mass is 480 g/mol. The predicted molar refractivity (Wildman–Crippen MR) is 141 cm³/mol. The lowest BCUT2D eigenvalue weighted by atomic mass is 9.92. The third-order valence-electron chi connectivity index (χ3n) is 6.57. The maximum atomic E-state index is 14.3. The fraction of sp³-hybridized carbons (Fsp3) is 0.167. The van der Waals surface area contributed by atoms with Crippen LogP contribution in [0.4, 0.5) is 16.2 Å². The summed E-state index contributed by atoms with van der Waals surface area (Å²) in [4.78, 5) is 18.0. The summed E-state index contributed by atoms with van der Waals surface area (Å²) < 4.78 is 16.1. The molecule has 182 valence electrons. The number of hydrogen-bond donors (Lipinski definition) is 0. The number of carbonyl (C=O) groups excluding carboxylic acids is 1. The van der Waals surface area contributed by atoms with Gasteiger partial charge < -0.3 is 14.2 Å². The van der Waals surface area contributed by atoms with Gasteiger partial charge in [0.25, 0.3) is 0 Å². The Kier molecular flexibility index (Phi) is 6.50. The number of amides is 2. The van der Waals surface area contributed by atoms with Gasteiger partial charge in [-0.25, -0.2) is 4.79 Å². The van der Waals surface area contributed by atoms with Crippen molar-refractivity contribution in [2.75, 3.05) is 31.1 Å². The van der Waals surface area contributed by atoms with Crippen LogP contribution in [0.5, 0.6) is 17.2 Å². The van der Waals surface area contributed by atoms with Crippen molar-refractivity contribution in [1.29, 1.82) is 0 Å². The van der Waals surface area contributed by atoms with E-state index < -0.39 is 0 Å². The zero-order chi connectivity index (χ0) is 25.1. The number of benzene rings is 4. The minimum absolute atomic E-state index is 0.111. The van der Waals surface area contributed by atoms with E-state index in [1.807, 2.05) is 101 Å². The van der Waals surface area contributed by atoms with Crippen LogP contribution in [0.2, 0.25) is 0 Å². The zero-order valence-electron chi connectivity index (χ0n) is 20.5. The topological polar surface area (TPSA) is 51.2 Å². The third-order valence-corrected chi connectivity index (χ3v) is 6.57. The van der Waals surface area contributed by atoms with Gasteiger partial charge in [-0.1, -0.05) is 42.5 Å². The van der Waals surface area contributed by atoms with Gasteiger partial charge in [-0.3, -0.25) is 9.80 Å². The molecule has 0 radical (unpaired) electrons. The smallest absolute Gasteiger partial charge is 0.330 e. The number of nitrogens with zero attached hydrogens (tertiary/aromatic N) is 2. The number of methoxy groups -OCH3 is 3. The van der Waals surface area contributed by atoms with Crippen molar-refractivity contribution in [3.63, 3.8) is 0 Å². The van der Waals surface area contributed by atoms with Crippen molar-refractivity contribution >= 4 is 17.4 Å². The van der Waals surface area contributed by atoms with Gasteiger partial charge in [-0.15, -0.1) is 0 Å². The van der Waals surface area contributed by atoms with E-state index in [1.165, 1.54) is 0 Å². The van der Waals surface area contributed by atoms with E-state index >= 15 is 0 Å². The highest BCUT2D eigenvalue weighted by atomic mass is 16.5. The van der Waals surface area contributed by atoms with Crippen molar-refractivity contribution in [1.82, 2.24) is 0 Å². The molecule has 1 aliphatic rings. The molecular weight excluding hydrogens is 452 g/mol. The summed E-state index contributed by atoms with van der Waals surface area (Å²) in [5, 5.41) is 0. The van der Waals surface area contributed by atoms with E-state index in [-0.39, 0.29) is 18.1 Å². The van der Waals surface area contributed by atoms with Crippen molar-refractivity contribution in [3.05, 3.63) is 114 Å². The second kappa shape index (κ2) is 10.0. The molecule has 1 aliphatic heterocycles. The molecule has 2 amide bonds. The van der Waals surface area contributed by atoms with Crippen LogP contribution in [-0.2, 0) is 0 Å². The number of carbonyl (C=O) groups is 1. The Labute approximate surface area is 211 Å². The lowest BCUT2D eigenvalue weighted by Gasteiger charge is -2.29. The number of anilines is 2. The Hall–Kier alpha value is -4.45. The molecule has 0 spiro atoms. The molecule has 0 N–H and O–H groups in total. The molecule has 0 bridgehead atoms. The first-order chi connectivity index (χ1) is 17.6. The molecule has 1 fully saturated rings. The summed E-state index contributed by atoms with van der Waals surface area (Å²) in [6.45, 7) is 0. The summed E-state index contributed by atoms with van der Waals surface area (Å²) in [6, 6.07) is 32.6. The molecule has 0 saturated carbocycles. The van der Waals surface area contributed by atoms with Gasteiger partial charge in [-0.2, -0.15) is 0 Å². The highest BCUT2D eigenvalue weighted by Gasteiger charge is 2.48. The Bertz CT molecular complexity index is 1310. The Morgan fingerprint density at radius 1 is 0.500 bits per heavy atom. The summed E-state index contributed by atoms with van der Waals surface area (Å²) >= 11 is 0. The molecule has 0 unspecified atom stereocenters. The van der Waals surface area contributed by atoms with Crippen molar-refractivity contribution in [3.8, 4) is 17.2 Å². The summed E-state index contributed by atoms with van der Waals surface area (Å²) in [5.74, 6) is 2.24. The quantitative estimate of drug-likeness (QED) is 0.297. The molecule has 1 saturated heterocycles. The van der Waals surface area contributed by atoms with Gasteiger partial charge in [0, 0.05) is 11.4 Å². The second-order valence-electron chi connectivity index (χ2n) is 8.49. The molecule has 6 nitrogen and oxygen atoms in total. The Morgan fingerprint density at radius 3 is 1.25 bits per heavy atom. The van der Waals surface area contributed by atoms with Gasteiger partial charge in [0.15, 0.2) is 0 Å². The number of ether oxygens (including phenoxy) is 3. The highest BCUT2D eigenvalue weighted by molar-refractivity contribution is 6.08. The zero-order valence-corrected chi connectivity index (χ0v) is 20.5. The van der Waals surface area contributed by atoms with E-state index in [2.05, 4.69) is 12.1 Å². The van der Waals surface area contributed by atoms with Crippen molar-refractivity contribution < 1.29 is 19.0 Å². The van der Waals surface area contributed by atoms with Crippen LogP contribution in [0.25, 0.3) is 0 Å². The summed E-state index contributed by atoms with van der Waals surface area (Å²) in [6.07, 6.45) is 0. The van der Waals surface area contributed by atoms with Gasteiger partial charge in [0.05, 0.1) is 33.4 Å². The van der Waals surface area contributed by atoms with Crippen LogP contribution in [0.3, 0.4) is 0 Å². The average molecular weight is 481 g/mol. The van der Waals surface area contributed by atoms with Crippen LogP contribution in [-0.4, -0.2) is 27.4 Å². The highest BCUT2D eigenvalue weighted by Crippen LogP contribution is 2.49. The normalized spacial score (nSPS) is 17.2. The van der Waals surface area contributed by atoms with Crippen LogP contribution in [0.15, 0.2) is 103 Å². The fourth-order valence-electron chi connectivity index (χ4n) is 4.78. The molecule has 0 aromatic heterocycles. The fourth-order valence-corrected chi connectivity index (χ4v) is 4.78. The van der Waals surface area contributed by atoms with Crippen LogP contribution < -0.4 is 24.0 Å². The third kappa shape index (κ3) is 4.22. The minimum Gasteiger partial charge on any atom is -0.497 e. The molecular formula is C30H28N2O4.